The lowest BCUT2D eigenvalue weighted by atomic mass is 10.2. The van der Waals surface area contributed by atoms with Gasteiger partial charge in [0.15, 0.2) is 11.5 Å². The van der Waals surface area contributed by atoms with Crippen LogP contribution in [0.5, 0.6) is 11.5 Å². The van der Waals surface area contributed by atoms with Crippen molar-refractivity contribution < 1.29 is 24.0 Å². The standard InChI is InChI=1S/C18H17ClN4O6/c1-10(24)17(22-21-12-6-4-5-7-14(12)23(26)27)18(25)20-13-9-15(28-2)11(19)8-16(13)29-3/h4-9,17H,1-3H3,(H,20,25). The van der Waals surface area contributed by atoms with Crippen LogP contribution in [0.2, 0.25) is 5.02 Å². The molecule has 0 aromatic heterocycles. The van der Waals surface area contributed by atoms with Crippen LogP contribution in [0.1, 0.15) is 6.92 Å². The summed E-state index contributed by atoms with van der Waals surface area (Å²) in [5.41, 5.74) is -0.184. The van der Waals surface area contributed by atoms with Crippen LogP contribution in [0.15, 0.2) is 46.6 Å². The van der Waals surface area contributed by atoms with Gasteiger partial charge < -0.3 is 14.8 Å². The number of benzene rings is 2. The molecule has 2 rings (SSSR count). The van der Waals surface area contributed by atoms with E-state index in [-0.39, 0.29) is 33.6 Å². The zero-order chi connectivity index (χ0) is 21.6. The first-order chi connectivity index (χ1) is 13.8. The number of hydrogen-bond acceptors (Lipinski definition) is 8. The number of rotatable bonds is 8. The van der Waals surface area contributed by atoms with Gasteiger partial charge in [0.1, 0.15) is 11.5 Å². The molecule has 2 aromatic rings. The maximum Gasteiger partial charge on any atom is 0.296 e. The zero-order valence-corrected chi connectivity index (χ0v) is 16.5. The van der Waals surface area contributed by atoms with Crippen molar-refractivity contribution in [2.75, 3.05) is 19.5 Å². The maximum atomic E-state index is 12.6. The van der Waals surface area contributed by atoms with Gasteiger partial charge in [-0.25, -0.2) is 0 Å². The van der Waals surface area contributed by atoms with Crippen LogP contribution in [0.4, 0.5) is 17.1 Å². The molecule has 1 atom stereocenters. The van der Waals surface area contributed by atoms with Crippen LogP contribution in [-0.2, 0) is 9.59 Å². The Labute approximate surface area is 170 Å². The number of nitro groups is 1. The van der Waals surface area contributed by atoms with Gasteiger partial charge in [-0.3, -0.25) is 19.7 Å². The number of amides is 1. The number of nitrogens with zero attached hydrogens (tertiary/aromatic N) is 3. The van der Waals surface area contributed by atoms with Gasteiger partial charge in [0.05, 0.1) is 29.9 Å². The van der Waals surface area contributed by atoms with Crippen molar-refractivity contribution in [1.82, 2.24) is 0 Å². The normalized spacial score (nSPS) is 11.7. The number of anilines is 1. The summed E-state index contributed by atoms with van der Waals surface area (Å²) in [7, 11) is 2.78. The SMILES string of the molecule is COc1cc(NC(=O)C(N=Nc2ccccc2[N+](=O)[O-])C(C)=O)c(OC)cc1Cl. The third-order valence-electron chi connectivity index (χ3n) is 3.72. The molecule has 0 saturated heterocycles. The third kappa shape index (κ3) is 5.26. The molecule has 0 fully saturated rings. The summed E-state index contributed by atoms with van der Waals surface area (Å²) in [4.78, 5) is 34.9. The molecule has 0 saturated carbocycles. The molecule has 11 heteroatoms. The minimum Gasteiger partial charge on any atom is -0.495 e. The van der Waals surface area contributed by atoms with Gasteiger partial charge in [0, 0.05) is 18.2 Å². The highest BCUT2D eigenvalue weighted by Gasteiger charge is 2.25. The molecule has 2 aromatic carbocycles. The molecular formula is C18H17ClN4O6. The first kappa shape index (κ1) is 21.8. The van der Waals surface area contributed by atoms with Crippen molar-refractivity contribution in [3.63, 3.8) is 0 Å². The number of carbonyl (C=O) groups excluding carboxylic acids is 2. The summed E-state index contributed by atoms with van der Waals surface area (Å²) in [5, 5.41) is 21.3. The predicted molar refractivity (Wildman–Crippen MR) is 105 cm³/mol. The van der Waals surface area contributed by atoms with Gasteiger partial charge in [-0.2, -0.15) is 5.11 Å². The van der Waals surface area contributed by atoms with Crippen molar-refractivity contribution in [2.24, 2.45) is 10.2 Å². The summed E-state index contributed by atoms with van der Waals surface area (Å²) in [6.07, 6.45) is 0. The second-order valence-electron chi connectivity index (χ2n) is 5.65. The highest BCUT2D eigenvalue weighted by atomic mass is 35.5. The Morgan fingerprint density at radius 1 is 1.17 bits per heavy atom. The molecule has 0 heterocycles. The first-order valence-electron chi connectivity index (χ1n) is 8.15. The summed E-state index contributed by atoms with van der Waals surface area (Å²) >= 11 is 6.03. The smallest absolute Gasteiger partial charge is 0.296 e. The molecule has 1 unspecified atom stereocenters. The number of carbonyl (C=O) groups is 2. The molecule has 10 nitrogen and oxygen atoms in total. The van der Waals surface area contributed by atoms with E-state index in [0.717, 1.165) is 6.92 Å². The van der Waals surface area contributed by atoms with E-state index < -0.39 is 22.7 Å². The quantitative estimate of drug-likeness (QED) is 0.297. The van der Waals surface area contributed by atoms with E-state index in [2.05, 4.69) is 15.5 Å². The summed E-state index contributed by atoms with van der Waals surface area (Å²) < 4.78 is 10.3. The maximum absolute atomic E-state index is 12.6. The highest BCUT2D eigenvalue weighted by molar-refractivity contribution is 6.32. The van der Waals surface area contributed by atoms with E-state index >= 15 is 0 Å². The van der Waals surface area contributed by atoms with Crippen LogP contribution in [-0.4, -0.2) is 36.9 Å². The number of methoxy groups -OCH3 is 2. The first-order valence-corrected chi connectivity index (χ1v) is 8.53. The zero-order valence-electron chi connectivity index (χ0n) is 15.7. The molecule has 1 N–H and O–H groups in total. The highest BCUT2D eigenvalue weighted by Crippen LogP contribution is 2.36. The number of nitrogens with one attached hydrogen (secondary N) is 1. The molecular weight excluding hydrogens is 404 g/mol. The number of halogens is 1. The van der Waals surface area contributed by atoms with Gasteiger partial charge in [-0.05, 0) is 13.0 Å². The summed E-state index contributed by atoms with van der Waals surface area (Å²) in [6.45, 7) is 1.16. The Hall–Kier alpha value is -3.53. The fraction of sp³-hybridized carbons (Fsp3) is 0.222. The summed E-state index contributed by atoms with van der Waals surface area (Å²) in [6, 6.07) is 6.91. The van der Waals surface area contributed by atoms with Gasteiger partial charge >= 0.3 is 0 Å². The lowest BCUT2D eigenvalue weighted by Gasteiger charge is -2.14. The van der Waals surface area contributed by atoms with Crippen molar-refractivity contribution >= 4 is 40.4 Å². The van der Waals surface area contributed by atoms with E-state index in [9.17, 15) is 19.7 Å². The van der Waals surface area contributed by atoms with Crippen molar-refractivity contribution in [1.29, 1.82) is 0 Å². The number of nitro benzene ring substituents is 1. The third-order valence-corrected chi connectivity index (χ3v) is 4.02. The molecule has 152 valence electrons. The number of para-hydroxylation sites is 1. The Bertz CT molecular complexity index is 979. The average Bonchev–Trinajstić information content (AvgIpc) is 2.69. The molecule has 29 heavy (non-hydrogen) atoms. The fourth-order valence-electron chi connectivity index (χ4n) is 2.30. The van der Waals surface area contributed by atoms with E-state index in [1.807, 2.05) is 0 Å². The molecule has 0 aliphatic carbocycles. The lowest BCUT2D eigenvalue weighted by molar-refractivity contribution is -0.384. The minimum absolute atomic E-state index is 0.0812. The number of azo groups is 1. The van der Waals surface area contributed by atoms with Gasteiger partial charge in [-0.1, -0.05) is 23.7 Å². The second-order valence-corrected chi connectivity index (χ2v) is 6.06. The Morgan fingerprint density at radius 3 is 2.41 bits per heavy atom. The van der Waals surface area contributed by atoms with E-state index in [4.69, 9.17) is 21.1 Å². The summed E-state index contributed by atoms with van der Waals surface area (Å²) in [5.74, 6) is -0.891. The number of ether oxygens (including phenoxy) is 2. The van der Waals surface area contributed by atoms with Gasteiger partial charge in [0.25, 0.3) is 11.6 Å². The van der Waals surface area contributed by atoms with Crippen LogP contribution in [0.3, 0.4) is 0 Å². The topological polar surface area (TPSA) is 132 Å². The lowest BCUT2D eigenvalue weighted by Crippen LogP contribution is -2.32. The predicted octanol–water partition coefficient (Wildman–Crippen LogP) is 3.95. The molecule has 0 spiro atoms. The van der Waals surface area contributed by atoms with Crippen LogP contribution >= 0.6 is 11.6 Å². The molecule has 0 radical (unpaired) electrons. The molecule has 0 aliphatic heterocycles. The van der Waals surface area contributed by atoms with E-state index in [1.165, 1.54) is 50.6 Å². The number of hydrogen-bond donors (Lipinski definition) is 1. The Morgan fingerprint density at radius 2 is 1.83 bits per heavy atom. The van der Waals surface area contributed by atoms with Crippen molar-refractivity contribution in [3.8, 4) is 11.5 Å². The fourth-order valence-corrected chi connectivity index (χ4v) is 2.53. The number of Topliss-reactive ketones (excluding diaryl/α,β-unsaturated/α-hetero) is 1. The Kier molecular flexibility index (Phi) is 7.21. The van der Waals surface area contributed by atoms with Crippen molar-refractivity contribution in [3.05, 3.63) is 51.5 Å². The second kappa shape index (κ2) is 9.60. The van der Waals surface area contributed by atoms with E-state index in [1.54, 1.807) is 0 Å². The van der Waals surface area contributed by atoms with Gasteiger partial charge in [0.2, 0.25) is 6.04 Å². The van der Waals surface area contributed by atoms with E-state index in [0.29, 0.717) is 0 Å². The average molecular weight is 421 g/mol. The molecule has 0 aliphatic rings. The largest absolute Gasteiger partial charge is 0.495 e. The van der Waals surface area contributed by atoms with Gasteiger partial charge in [-0.15, -0.1) is 5.11 Å². The van der Waals surface area contributed by atoms with Crippen LogP contribution in [0.25, 0.3) is 0 Å². The monoisotopic (exact) mass is 420 g/mol. The van der Waals surface area contributed by atoms with Crippen LogP contribution in [0, 0.1) is 10.1 Å². The Balaban J connectivity index is 2.32. The van der Waals surface area contributed by atoms with Crippen molar-refractivity contribution in [2.45, 2.75) is 13.0 Å². The minimum atomic E-state index is -1.53. The molecule has 1 amide bonds. The van der Waals surface area contributed by atoms with Crippen LogP contribution < -0.4 is 14.8 Å². The molecule has 0 bridgehead atoms. The number of ketones is 1.